The van der Waals surface area contributed by atoms with Crippen molar-refractivity contribution in [3.63, 3.8) is 0 Å². The van der Waals surface area contributed by atoms with E-state index in [0.717, 1.165) is 5.56 Å². The number of aliphatic hydroxyl groups excluding tert-OH is 1. The Hall–Kier alpha value is -1.62. The van der Waals surface area contributed by atoms with E-state index < -0.39 is 6.09 Å². The number of amides is 1. The molecule has 0 radical (unpaired) electrons. The number of hydrogen-bond acceptors (Lipinski definition) is 3. The first-order chi connectivity index (χ1) is 8.54. The molecule has 100 valence electrons. The molecule has 0 aromatic heterocycles. The van der Waals surface area contributed by atoms with Crippen LogP contribution in [0.4, 0.5) is 9.18 Å². The van der Waals surface area contributed by atoms with Crippen molar-refractivity contribution < 1.29 is 19.0 Å². The summed E-state index contributed by atoms with van der Waals surface area (Å²) in [5.74, 6) is -0.179. The van der Waals surface area contributed by atoms with Gasteiger partial charge in [0, 0.05) is 0 Å². The molecule has 0 aliphatic heterocycles. The van der Waals surface area contributed by atoms with E-state index in [9.17, 15) is 9.18 Å². The van der Waals surface area contributed by atoms with E-state index >= 15 is 0 Å². The molecule has 0 bridgehead atoms. The maximum Gasteiger partial charge on any atom is 0.407 e. The maximum absolute atomic E-state index is 12.8. The molecule has 0 saturated heterocycles. The average Bonchev–Trinajstić information content (AvgIpc) is 2.34. The second-order valence-electron chi connectivity index (χ2n) is 4.28. The van der Waals surface area contributed by atoms with Gasteiger partial charge >= 0.3 is 6.09 Å². The third-order valence-corrected chi connectivity index (χ3v) is 2.49. The van der Waals surface area contributed by atoms with Crippen LogP contribution in [0.15, 0.2) is 24.3 Å². The van der Waals surface area contributed by atoms with Crippen molar-refractivity contribution in [3.8, 4) is 0 Å². The highest BCUT2D eigenvalue weighted by molar-refractivity contribution is 5.67. The molecule has 1 unspecified atom stereocenters. The molecule has 0 saturated carbocycles. The van der Waals surface area contributed by atoms with Gasteiger partial charge in [-0.2, -0.15) is 0 Å². The molecule has 1 rings (SSSR count). The number of nitrogens with one attached hydrogen (secondary N) is 1. The van der Waals surface area contributed by atoms with Crippen LogP contribution in [0.1, 0.15) is 25.5 Å². The number of aliphatic hydroxyl groups is 1. The fourth-order valence-electron chi connectivity index (χ4n) is 1.61. The van der Waals surface area contributed by atoms with Gasteiger partial charge in [-0.3, -0.25) is 0 Å². The molecule has 1 aromatic rings. The summed E-state index contributed by atoms with van der Waals surface area (Å²) in [5, 5.41) is 11.3. The Labute approximate surface area is 106 Å². The summed E-state index contributed by atoms with van der Waals surface area (Å²) >= 11 is 0. The van der Waals surface area contributed by atoms with Crippen molar-refractivity contribution in [1.82, 2.24) is 5.32 Å². The van der Waals surface area contributed by atoms with Crippen molar-refractivity contribution in [1.29, 1.82) is 0 Å². The van der Waals surface area contributed by atoms with Crippen LogP contribution in [-0.2, 0) is 4.74 Å². The van der Waals surface area contributed by atoms with E-state index in [-0.39, 0.29) is 31.0 Å². The van der Waals surface area contributed by atoms with Crippen molar-refractivity contribution in [2.45, 2.75) is 19.9 Å². The van der Waals surface area contributed by atoms with Gasteiger partial charge in [0.25, 0.3) is 0 Å². The Morgan fingerprint density at radius 2 is 2.00 bits per heavy atom. The second kappa shape index (κ2) is 6.96. The van der Waals surface area contributed by atoms with Crippen LogP contribution in [0, 0.1) is 11.7 Å². The maximum atomic E-state index is 12.8. The third-order valence-electron chi connectivity index (χ3n) is 2.49. The predicted octanol–water partition coefficient (Wildman–Crippen LogP) is 2.24. The Kier molecular flexibility index (Phi) is 5.58. The lowest BCUT2D eigenvalue weighted by molar-refractivity contribution is 0.114. The highest BCUT2D eigenvalue weighted by atomic mass is 19.1. The number of halogens is 1. The lowest BCUT2D eigenvalue weighted by Gasteiger charge is -2.22. The zero-order valence-corrected chi connectivity index (χ0v) is 10.5. The summed E-state index contributed by atoms with van der Waals surface area (Å²) in [6.07, 6.45) is -0.591. The molecule has 1 atom stereocenters. The Balaban J connectivity index is 2.71. The largest absolute Gasteiger partial charge is 0.447 e. The fraction of sp³-hybridized carbons (Fsp3) is 0.462. The number of carbonyl (C=O) groups excluding carboxylic acids is 1. The van der Waals surface area contributed by atoms with Gasteiger partial charge in [-0.1, -0.05) is 26.0 Å². The van der Waals surface area contributed by atoms with Crippen molar-refractivity contribution in [3.05, 3.63) is 35.6 Å². The molecule has 0 fully saturated rings. The second-order valence-corrected chi connectivity index (χ2v) is 4.28. The van der Waals surface area contributed by atoms with Gasteiger partial charge < -0.3 is 15.2 Å². The molecule has 4 nitrogen and oxygen atoms in total. The Morgan fingerprint density at radius 1 is 1.39 bits per heavy atom. The number of hydrogen-bond donors (Lipinski definition) is 2. The standard InChI is InChI=1S/C13H18FNO3/c1-9(2)12(15-13(17)18-8-7-16)10-3-5-11(14)6-4-10/h3-6,9,12,16H,7-8H2,1-2H3,(H,15,17). The number of alkyl carbamates (subject to hydrolysis) is 1. The van der Waals surface area contributed by atoms with Crippen LogP contribution in [-0.4, -0.2) is 24.4 Å². The highest BCUT2D eigenvalue weighted by Crippen LogP contribution is 2.21. The van der Waals surface area contributed by atoms with E-state index in [1.165, 1.54) is 12.1 Å². The van der Waals surface area contributed by atoms with Gasteiger partial charge in [0.2, 0.25) is 0 Å². The van der Waals surface area contributed by atoms with Gasteiger partial charge in [-0.05, 0) is 23.6 Å². The monoisotopic (exact) mass is 255 g/mol. The fourth-order valence-corrected chi connectivity index (χ4v) is 1.61. The van der Waals surface area contributed by atoms with Crippen molar-refractivity contribution in [2.75, 3.05) is 13.2 Å². The van der Waals surface area contributed by atoms with Gasteiger partial charge in [0.15, 0.2) is 0 Å². The molecule has 1 amide bonds. The highest BCUT2D eigenvalue weighted by Gasteiger charge is 2.18. The van der Waals surface area contributed by atoms with Crippen LogP contribution < -0.4 is 5.32 Å². The number of ether oxygens (including phenoxy) is 1. The summed E-state index contributed by atoms with van der Waals surface area (Å²) < 4.78 is 17.6. The summed E-state index contributed by atoms with van der Waals surface area (Å²) in [7, 11) is 0. The first-order valence-corrected chi connectivity index (χ1v) is 5.84. The summed E-state index contributed by atoms with van der Waals surface area (Å²) in [5.41, 5.74) is 0.812. The smallest absolute Gasteiger partial charge is 0.407 e. The van der Waals surface area contributed by atoms with Crippen LogP contribution in [0.5, 0.6) is 0 Å². The van der Waals surface area contributed by atoms with Crippen LogP contribution >= 0.6 is 0 Å². The molecule has 0 spiro atoms. The molecule has 2 N–H and O–H groups in total. The summed E-state index contributed by atoms with van der Waals surface area (Å²) in [6.45, 7) is 3.64. The first kappa shape index (κ1) is 14.4. The number of carbonyl (C=O) groups is 1. The van der Waals surface area contributed by atoms with Crippen LogP contribution in [0.2, 0.25) is 0 Å². The minimum absolute atomic E-state index is 0.0416. The third kappa shape index (κ3) is 4.33. The Bertz CT molecular complexity index is 378. The predicted molar refractivity (Wildman–Crippen MR) is 65.5 cm³/mol. The van der Waals surface area contributed by atoms with E-state index in [1.54, 1.807) is 12.1 Å². The molecular formula is C13H18FNO3. The van der Waals surface area contributed by atoms with E-state index in [1.807, 2.05) is 13.8 Å². The van der Waals surface area contributed by atoms with E-state index in [0.29, 0.717) is 0 Å². The quantitative estimate of drug-likeness (QED) is 0.848. The Morgan fingerprint density at radius 3 is 2.50 bits per heavy atom. The number of rotatable bonds is 5. The molecule has 0 aliphatic rings. The topological polar surface area (TPSA) is 58.6 Å². The van der Waals surface area contributed by atoms with Gasteiger partial charge in [-0.25, -0.2) is 9.18 Å². The molecular weight excluding hydrogens is 237 g/mol. The number of benzene rings is 1. The molecule has 18 heavy (non-hydrogen) atoms. The van der Waals surface area contributed by atoms with E-state index in [4.69, 9.17) is 9.84 Å². The minimum Gasteiger partial charge on any atom is -0.447 e. The zero-order valence-electron chi connectivity index (χ0n) is 10.5. The SMILES string of the molecule is CC(C)C(NC(=O)OCCO)c1ccc(F)cc1. The van der Waals surface area contributed by atoms with Gasteiger partial charge in [0.05, 0.1) is 12.6 Å². The van der Waals surface area contributed by atoms with E-state index in [2.05, 4.69) is 5.32 Å². The molecule has 1 aromatic carbocycles. The van der Waals surface area contributed by atoms with Crippen LogP contribution in [0.25, 0.3) is 0 Å². The van der Waals surface area contributed by atoms with Gasteiger partial charge in [-0.15, -0.1) is 0 Å². The average molecular weight is 255 g/mol. The summed E-state index contributed by atoms with van der Waals surface area (Å²) in [6, 6.07) is 5.71. The summed E-state index contributed by atoms with van der Waals surface area (Å²) in [4.78, 5) is 11.4. The van der Waals surface area contributed by atoms with Crippen LogP contribution in [0.3, 0.4) is 0 Å². The molecule has 0 heterocycles. The van der Waals surface area contributed by atoms with Gasteiger partial charge in [0.1, 0.15) is 12.4 Å². The first-order valence-electron chi connectivity index (χ1n) is 5.84. The van der Waals surface area contributed by atoms with Crippen molar-refractivity contribution in [2.24, 2.45) is 5.92 Å². The normalized spacial score (nSPS) is 12.3. The molecule has 5 heteroatoms. The van der Waals surface area contributed by atoms with Crippen molar-refractivity contribution >= 4 is 6.09 Å². The minimum atomic E-state index is -0.591. The zero-order chi connectivity index (χ0) is 13.5. The lowest BCUT2D eigenvalue weighted by Crippen LogP contribution is -2.32. The lowest BCUT2D eigenvalue weighted by atomic mass is 9.96. The molecule has 0 aliphatic carbocycles.